The summed E-state index contributed by atoms with van der Waals surface area (Å²) in [6.07, 6.45) is 0. The summed E-state index contributed by atoms with van der Waals surface area (Å²) in [5.74, 6) is 0.540. The molecular formula is C12H26B2Si. The highest BCUT2D eigenvalue weighted by Crippen LogP contribution is 2.53. The molecule has 3 atom stereocenters. The summed E-state index contributed by atoms with van der Waals surface area (Å²) in [5.41, 5.74) is 0.346. The molecule has 0 bridgehead atoms. The van der Waals surface area contributed by atoms with Gasteiger partial charge in [0.1, 0.15) is 0 Å². The van der Waals surface area contributed by atoms with Gasteiger partial charge in [-0.15, -0.1) is 0 Å². The lowest BCUT2D eigenvalue weighted by atomic mass is 9.56. The van der Waals surface area contributed by atoms with Crippen molar-refractivity contribution in [2.75, 3.05) is 0 Å². The lowest BCUT2D eigenvalue weighted by molar-refractivity contribution is 0.0872. The largest absolute Gasteiger partial charge is 0.0786 e. The van der Waals surface area contributed by atoms with Crippen molar-refractivity contribution in [3.63, 3.8) is 0 Å². The molecule has 0 nitrogen and oxygen atoms in total. The van der Waals surface area contributed by atoms with Gasteiger partial charge in [0, 0.05) is 0 Å². The van der Waals surface area contributed by atoms with Crippen molar-refractivity contribution in [1.29, 1.82) is 0 Å². The molecule has 0 N–H and O–H groups in total. The first-order chi connectivity index (χ1) is 6.35. The molecular weight excluding hydrogens is 194 g/mol. The van der Waals surface area contributed by atoms with Crippen LogP contribution in [0.2, 0.25) is 11.5 Å². The third kappa shape index (κ3) is 2.92. The van der Waals surface area contributed by atoms with Gasteiger partial charge in [-0.25, -0.2) is 0 Å². The topological polar surface area (TPSA) is 0 Å². The minimum absolute atomic E-state index is 0.0750. The first-order valence-corrected chi connectivity index (χ1v) is 8.29. The maximum atomic E-state index is 6.47. The fourth-order valence-corrected chi connectivity index (χ4v) is 3.56. The van der Waals surface area contributed by atoms with Crippen molar-refractivity contribution in [3.05, 3.63) is 0 Å². The second kappa shape index (κ2) is 4.31. The Kier molecular flexibility index (Phi) is 4.41. The fourth-order valence-electron chi connectivity index (χ4n) is 2.14. The molecule has 0 aromatic carbocycles. The van der Waals surface area contributed by atoms with Gasteiger partial charge in [0.05, 0.1) is 15.3 Å². The molecule has 0 aliphatic heterocycles. The van der Waals surface area contributed by atoms with Crippen LogP contribution < -0.4 is 0 Å². The molecule has 0 saturated carbocycles. The van der Waals surface area contributed by atoms with Gasteiger partial charge in [-0.3, -0.25) is 0 Å². The summed E-state index contributed by atoms with van der Waals surface area (Å²) in [7, 11) is 11.3. The molecule has 0 fully saturated rings. The van der Waals surface area contributed by atoms with Gasteiger partial charge in [0.15, 0.2) is 0 Å². The van der Waals surface area contributed by atoms with Crippen LogP contribution in [0.5, 0.6) is 0 Å². The lowest BCUT2D eigenvalue weighted by Crippen LogP contribution is -2.48. The van der Waals surface area contributed by atoms with Crippen molar-refractivity contribution in [1.82, 2.24) is 0 Å². The van der Waals surface area contributed by atoms with Crippen molar-refractivity contribution >= 4 is 24.0 Å². The molecule has 0 aliphatic carbocycles. The Bertz CT molecular complexity index is 214. The summed E-state index contributed by atoms with van der Waals surface area (Å²) in [5, 5.41) is 0. The highest BCUT2D eigenvalue weighted by atomic mass is 28.3. The first-order valence-electron chi connectivity index (χ1n) is 5.89. The zero-order valence-corrected chi connectivity index (χ0v) is 13.0. The van der Waals surface area contributed by atoms with Crippen LogP contribution in [0.1, 0.15) is 48.5 Å². The summed E-state index contributed by atoms with van der Waals surface area (Å²) in [6.45, 7) is 17.9. The molecule has 15 heavy (non-hydrogen) atoms. The third-order valence-corrected chi connectivity index (χ3v) is 7.35. The van der Waals surface area contributed by atoms with Crippen molar-refractivity contribution in [3.8, 4) is 0 Å². The van der Waals surface area contributed by atoms with Gasteiger partial charge in [0.2, 0.25) is 0 Å². The number of rotatable bonds is 3. The molecule has 0 rings (SSSR count). The third-order valence-electron chi connectivity index (χ3n) is 4.72. The molecule has 4 radical (unpaired) electrons. The second-order valence-corrected chi connectivity index (χ2v) is 9.66. The van der Waals surface area contributed by atoms with Crippen molar-refractivity contribution < 1.29 is 0 Å². The quantitative estimate of drug-likeness (QED) is 0.641. The van der Waals surface area contributed by atoms with E-state index in [4.69, 9.17) is 15.3 Å². The summed E-state index contributed by atoms with van der Waals surface area (Å²) >= 11 is 0. The zero-order chi connectivity index (χ0) is 12.7. The Morgan fingerprint density at radius 3 is 1.53 bits per heavy atom. The van der Waals surface area contributed by atoms with E-state index in [2.05, 4.69) is 55.0 Å². The average Bonchev–Trinajstić information content (AvgIpc) is 2.00. The predicted molar refractivity (Wildman–Crippen MR) is 75.3 cm³/mol. The second-order valence-electron chi connectivity index (χ2n) is 6.88. The van der Waals surface area contributed by atoms with Crippen LogP contribution in [0.15, 0.2) is 0 Å². The maximum absolute atomic E-state index is 6.47. The highest BCUT2D eigenvalue weighted by molar-refractivity contribution is 7.07. The van der Waals surface area contributed by atoms with Crippen molar-refractivity contribution in [2.45, 2.75) is 60.0 Å². The van der Waals surface area contributed by atoms with E-state index in [-0.39, 0.29) is 15.8 Å². The SMILES string of the molecule is [B][SiH](C)C([B])(C)C(C)(C)C(C)C(C)(C)C. The van der Waals surface area contributed by atoms with E-state index in [9.17, 15) is 0 Å². The molecule has 0 aliphatic rings. The van der Waals surface area contributed by atoms with Crippen LogP contribution in [0.4, 0.5) is 0 Å². The smallest absolute Gasteiger partial charge is 0.0697 e. The number of hydrogen-bond acceptors (Lipinski definition) is 0. The van der Waals surface area contributed by atoms with Crippen LogP contribution in [-0.4, -0.2) is 24.0 Å². The minimum Gasteiger partial charge on any atom is -0.0786 e. The van der Waals surface area contributed by atoms with Crippen LogP contribution in [0, 0.1) is 16.7 Å². The van der Waals surface area contributed by atoms with E-state index in [1.165, 1.54) is 0 Å². The molecule has 0 amide bonds. The molecule has 0 heterocycles. The van der Waals surface area contributed by atoms with Gasteiger partial charge >= 0.3 is 0 Å². The van der Waals surface area contributed by atoms with Crippen LogP contribution >= 0.6 is 0 Å². The van der Waals surface area contributed by atoms with E-state index in [1.54, 1.807) is 0 Å². The summed E-state index contributed by atoms with van der Waals surface area (Å²) in [4.78, 5) is -0.209. The Labute approximate surface area is 101 Å². The van der Waals surface area contributed by atoms with Crippen LogP contribution in [-0.2, 0) is 0 Å². The van der Waals surface area contributed by atoms with Gasteiger partial charge in [-0.1, -0.05) is 60.0 Å². The predicted octanol–water partition coefficient (Wildman–Crippen LogP) is 3.10. The molecule has 3 unspecified atom stereocenters. The summed E-state index contributed by atoms with van der Waals surface area (Å²) < 4.78 is 0. The van der Waals surface area contributed by atoms with E-state index in [0.717, 1.165) is 0 Å². The Morgan fingerprint density at radius 1 is 1.00 bits per heavy atom. The van der Waals surface area contributed by atoms with E-state index in [0.29, 0.717) is 5.92 Å². The van der Waals surface area contributed by atoms with Crippen LogP contribution in [0.25, 0.3) is 0 Å². The Morgan fingerprint density at radius 2 is 1.33 bits per heavy atom. The molecule has 0 aromatic heterocycles. The summed E-state index contributed by atoms with van der Waals surface area (Å²) in [6, 6.07) is 0. The van der Waals surface area contributed by atoms with Crippen molar-refractivity contribution in [2.24, 2.45) is 16.7 Å². The number of hydrogen-bond donors (Lipinski definition) is 0. The zero-order valence-electron chi connectivity index (χ0n) is 11.8. The molecule has 0 aromatic rings. The average molecular weight is 220 g/mol. The van der Waals surface area contributed by atoms with E-state index in [1.807, 2.05) is 0 Å². The first kappa shape index (κ1) is 15.3. The van der Waals surface area contributed by atoms with Gasteiger partial charge in [0.25, 0.3) is 0 Å². The Balaban J connectivity index is 5.14. The fraction of sp³-hybridized carbons (Fsp3) is 1.00. The van der Waals surface area contributed by atoms with Gasteiger partial charge in [-0.05, 0) is 25.4 Å². The normalized spacial score (nSPS) is 21.9. The highest BCUT2D eigenvalue weighted by Gasteiger charge is 2.45. The monoisotopic (exact) mass is 220 g/mol. The lowest BCUT2D eigenvalue weighted by Gasteiger charge is -2.53. The van der Waals surface area contributed by atoms with Gasteiger partial charge < -0.3 is 0 Å². The van der Waals surface area contributed by atoms with Crippen LogP contribution in [0.3, 0.4) is 0 Å². The standard InChI is InChI=1S/C12H26B2Si/c1-9(10(2,3)4)11(5,6)12(7,13)15(8)14/h9,15H,1-8H3. The minimum atomic E-state index is -1.35. The molecule has 3 heteroatoms. The molecule has 0 saturated heterocycles. The Hall–Kier alpha value is 0.347. The van der Waals surface area contributed by atoms with E-state index >= 15 is 0 Å². The molecule has 0 spiro atoms. The van der Waals surface area contributed by atoms with E-state index < -0.39 is 8.67 Å². The maximum Gasteiger partial charge on any atom is 0.0697 e. The molecule has 84 valence electrons. The van der Waals surface area contributed by atoms with Gasteiger partial charge in [-0.2, -0.15) is 0 Å².